The molecule has 0 saturated carbocycles. The summed E-state index contributed by atoms with van der Waals surface area (Å²) < 4.78 is 7.57. The van der Waals surface area contributed by atoms with Gasteiger partial charge in [0.25, 0.3) is 0 Å². The smallest absolute Gasteiger partial charge is 0.121 e. The highest BCUT2D eigenvalue weighted by Crippen LogP contribution is 2.36. The second kappa shape index (κ2) is 6.59. The fourth-order valence-electron chi connectivity index (χ4n) is 3.11. The van der Waals surface area contributed by atoms with Gasteiger partial charge >= 0.3 is 0 Å². The van der Waals surface area contributed by atoms with Crippen LogP contribution in [0.1, 0.15) is 5.56 Å². The van der Waals surface area contributed by atoms with Crippen molar-refractivity contribution in [3.05, 3.63) is 65.3 Å². The highest BCUT2D eigenvalue weighted by molar-refractivity contribution is 7.97. The molecule has 0 atom stereocenters. The minimum absolute atomic E-state index is 0.654. The third-order valence-electron chi connectivity index (χ3n) is 4.27. The van der Waals surface area contributed by atoms with Crippen LogP contribution >= 0.6 is 23.5 Å². The molecule has 0 aliphatic rings. The second-order valence-electron chi connectivity index (χ2n) is 5.72. The van der Waals surface area contributed by atoms with Gasteiger partial charge in [0.15, 0.2) is 0 Å². The maximum absolute atomic E-state index is 6.58. The Labute approximate surface area is 154 Å². The number of hydrogen-bond acceptors (Lipinski definition) is 4. The number of nitrogens with zero attached hydrogens (tertiary/aromatic N) is 2. The highest BCUT2D eigenvalue weighted by Gasteiger charge is 2.16. The Hall–Kier alpha value is -2.21. The summed E-state index contributed by atoms with van der Waals surface area (Å²) in [6.07, 6.45) is 1.80. The van der Waals surface area contributed by atoms with Gasteiger partial charge in [0.05, 0.1) is 28.7 Å². The summed E-state index contributed by atoms with van der Waals surface area (Å²) in [5.41, 5.74) is 4.11. The van der Waals surface area contributed by atoms with Crippen LogP contribution in [0.5, 0.6) is 5.75 Å². The third-order valence-corrected chi connectivity index (χ3v) is 5.11. The van der Waals surface area contributed by atoms with Gasteiger partial charge in [0.1, 0.15) is 5.75 Å². The van der Waals surface area contributed by atoms with Crippen molar-refractivity contribution in [1.29, 1.82) is 0 Å². The van der Waals surface area contributed by atoms with Crippen LogP contribution in [0.4, 0.5) is 0 Å². The summed E-state index contributed by atoms with van der Waals surface area (Å²) in [6.45, 7) is 0.702. The van der Waals surface area contributed by atoms with E-state index in [0.717, 1.165) is 32.6 Å². The Morgan fingerprint density at radius 2 is 2.00 bits per heavy atom. The lowest BCUT2D eigenvalue weighted by Gasteiger charge is -2.10. The molecular weight excluding hydrogens is 354 g/mol. The number of pyridine rings is 1. The summed E-state index contributed by atoms with van der Waals surface area (Å²) in [6, 6.07) is 16.1. The summed E-state index contributed by atoms with van der Waals surface area (Å²) in [5.74, 6) is 0.728. The molecule has 2 aromatic heterocycles. The maximum atomic E-state index is 6.58. The summed E-state index contributed by atoms with van der Waals surface area (Å²) in [7, 11) is 1.64. The van der Waals surface area contributed by atoms with E-state index in [1.165, 1.54) is 17.5 Å². The van der Waals surface area contributed by atoms with Gasteiger partial charge in [-0.2, -0.15) is 0 Å². The van der Waals surface area contributed by atoms with Gasteiger partial charge in [-0.3, -0.25) is 10.1 Å². The van der Waals surface area contributed by atoms with Crippen molar-refractivity contribution in [2.45, 2.75) is 11.4 Å². The van der Waals surface area contributed by atoms with E-state index in [2.05, 4.69) is 27.8 Å². The highest BCUT2D eigenvalue weighted by atomic mass is 35.5. The molecule has 25 heavy (non-hydrogen) atoms. The van der Waals surface area contributed by atoms with E-state index in [1.807, 2.05) is 30.3 Å². The molecule has 0 aliphatic carbocycles. The molecule has 4 nitrogen and oxygen atoms in total. The number of halogens is 1. The first kappa shape index (κ1) is 16.3. The summed E-state index contributed by atoms with van der Waals surface area (Å²) in [5, 5.41) is 7.25. The molecule has 0 saturated heterocycles. The number of ether oxygens (including phenoxy) is 1. The van der Waals surface area contributed by atoms with E-state index in [1.54, 1.807) is 13.3 Å². The van der Waals surface area contributed by atoms with E-state index in [9.17, 15) is 0 Å². The van der Waals surface area contributed by atoms with Crippen molar-refractivity contribution < 1.29 is 4.74 Å². The first-order valence-electron chi connectivity index (χ1n) is 7.77. The van der Waals surface area contributed by atoms with Crippen molar-refractivity contribution in [1.82, 2.24) is 9.55 Å². The molecule has 2 N–H and O–H groups in total. The minimum atomic E-state index is 0.654. The third kappa shape index (κ3) is 2.84. The minimum Gasteiger partial charge on any atom is -0.497 e. The van der Waals surface area contributed by atoms with Gasteiger partial charge in [-0.25, -0.2) is 0 Å². The van der Waals surface area contributed by atoms with Crippen molar-refractivity contribution in [3.8, 4) is 5.75 Å². The maximum Gasteiger partial charge on any atom is 0.121 e. The van der Waals surface area contributed by atoms with Crippen LogP contribution in [0.2, 0.25) is 5.02 Å². The topological polar surface area (TPSA) is 53.1 Å². The molecule has 2 heterocycles. The fourth-order valence-corrected chi connectivity index (χ4v) is 3.71. The van der Waals surface area contributed by atoms with Crippen LogP contribution in [0.25, 0.3) is 21.9 Å². The predicted octanol–water partition coefficient (Wildman–Crippen LogP) is 4.87. The summed E-state index contributed by atoms with van der Waals surface area (Å²) in [4.78, 5) is 5.60. The first-order chi connectivity index (χ1) is 12.2. The van der Waals surface area contributed by atoms with Gasteiger partial charge in [-0.05, 0) is 47.8 Å². The lowest BCUT2D eigenvalue weighted by Crippen LogP contribution is -2.00. The number of methoxy groups -OCH3 is 1. The average Bonchev–Trinajstić information content (AvgIpc) is 2.97. The number of nitrogens with two attached hydrogens (primary N) is 1. The van der Waals surface area contributed by atoms with Crippen molar-refractivity contribution >= 4 is 45.5 Å². The molecule has 4 rings (SSSR count). The standard InChI is InChI=1S/C19H16ClN3OS/c1-24-13-9-15-18-17(3-2-8-22-18)23(19(15)16(20)10-13)11-12-4-6-14(25-21)7-5-12/h2-10H,11,21H2,1H3. The van der Waals surface area contributed by atoms with E-state index >= 15 is 0 Å². The van der Waals surface area contributed by atoms with Crippen LogP contribution in [-0.2, 0) is 6.54 Å². The number of benzene rings is 2. The molecule has 126 valence electrons. The first-order valence-corrected chi connectivity index (χ1v) is 9.03. The molecule has 0 aliphatic heterocycles. The fraction of sp³-hybridized carbons (Fsp3) is 0.105. The zero-order valence-electron chi connectivity index (χ0n) is 13.6. The zero-order valence-corrected chi connectivity index (χ0v) is 15.1. The molecule has 0 amide bonds. The largest absolute Gasteiger partial charge is 0.497 e. The van der Waals surface area contributed by atoms with Crippen molar-refractivity contribution in [2.24, 2.45) is 5.14 Å². The molecule has 2 aromatic carbocycles. The van der Waals surface area contributed by atoms with Crippen molar-refractivity contribution in [3.63, 3.8) is 0 Å². The number of hydrogen-bond donors (Lipinski definition) is 1. The normalized spacial score (nSPS) is 11.3. The van der Waals surface area contributed by atoms with Gasteiger partial charge in [-0.15, -0.1) is 0 Å². The molecule has 0 radical (unpaired) electrons. The number of rotatable bonds is 4. The average molecular weight is 370 g/mol. The predicted molar refractivity (Wildman–Crippen MR) is 104 cm³/mol. The SMILES string of the molecule is COc1cc(Cl)c2c(c1)c1ncccc1n2Cc1ccc(SN)cc1. The van der Waals surface area contributed by atoms with Crippen LogP contribution in [-0.4, -0.2) is 16.7 Å². The lowest BCUT2D eigenvalue weighted by molar-refractivity contribution is 0.415. The van der Waals surface area contributed by atoms with Crippen LogP contribution in [0.3, 0.4) is 0 Å². The molecule has 6 heteroatoms. The van der Waals surface area contributed by atoms with Crippen molar-refractivity contribution in [2.75, 3.05) is 7.11 Å². The Bertz CT molecular complexity index is 1060. The van der Waals surface area contributed by atoms with E-state index < -0.39 is 0 Å². The molecule has 0 bridgehead atoms. The zero-order chi connectivity index (χ0) is 17.4. The Morgan fingerprint density at radius 1 is 1.20 bits per heavy atom. The van der Waals surface area contributed by atoms with Crippen LogP contribution < -0.4 is 9.88 Å². The Morgan fingerprint density at radius 3 is 2.72 bits per heavy atom. The monoisotopic (exact) mass is 369 g/mol. The molecule has 0 fully saturated rings. The van der Waals surface area contributed by atoms with Gasteiger partial charge in [-0.1, -0.05) is 23.7 Å². The second-order valence-corrected chi connectivity index (χ2v) is 6.84. The Balaban J connectivity index is 1.94. The number of aromatic nitrogens is 2. The van der Waals surface area contributed by atoms with Gasteiger partial charge < -0.3 is 9.30 Å². The van der Waals surface area contributed by atoms with Gasteiger partial charge in [0.2, 0.25) is 0 Å². The van der Waals surface area contributed by atoms with E-state index in [0.29, 0.717) is 11.6 Å². The number of fused-ring (bicyclic) bond motifs is 3. The quantitative estimate of drug-likeness (QED) is 0.521. The lowest BCUT2D eigenvalue weighted by atomic mass is 10.2. The van der Waals surface area contributed by atoms with E-state index in [-0.39, 0.29) is 0 Å². The molecular formula is C19H16ClN3OS. The van der Waals surface area contributed by atoms with E-state index in [4.69, 9.17) is 21.5 Å². The molecule has 4 aromatic rings. The molecule has 0 spiro atoms. The molecule has 0 unspecified atom stereocenters. The summed E-state index contributed by atoms with van der Waals surface area (Å²) >= 11 is 7.83. The Kier molecular flexibility index (Phi) is 4.29. The van der Waals surface area contributed by atoms with Crippen LogP contribution in [0.15, 0.2) is 59.6 Å². The van der Waals surface area contributed by atoms with Gasteiger partial charge in [0, 0.05) is 29.1 Å². The van der Waals surface area contributed by atoms with Crippen LogP contribution in [0, 0.1) is 0 Å².